The third-order valence-corrected chi connectivity index (χ3v) is 6.95. The van der Waals surface area contributed by atoms with Gasteiger partial charge >= 0.3 is 0 Å². The predicted octanol–water partition coefficient (Wildman–Crippen LogP) is 6.24. The monoisotopic (exact) mass is 447 g/mol. The summed E-state index contributed by atoms with van der Waals surface area (Å²) < 4.78 is 5.42. The number of rotatable bonds is 7. The Kier molecular flexibility index (Phi) is 7.08. The first-order valence-electron chi connectivity index (χ1n) is 12.2. The minimum atomic E-state index is 0.0836. The zero-order valence-corrected chi connectivity index (χ0v) is 20.6. The number of hydrogen-bond acceptors (Lipinski definition) is 3. The maximum absolute atomic E-state index is 13.0. The maximum atomic E-state index is 13.0. The number of carbonyl (C=O) groups excluding carboxylic acids is 1. The van der Waals surface area contributed by atoms with E-state index >= 15 is 0 Å². The zero-order chi connectivity index (χ0) is 23.5. The number of nitrogens with one attached hydrogen (secondary N) is 2. The molecular formula is C28H37N3O2. The molecule has 0 spiro atoms. The molecule has 5 heteroatoms. The Bertz CT molecular complexity index is 1080. The Morgan fingerprint density at radius 2 is 1.76 bits per heavy atom. The van der Waals surface area contributed by atoms with Crippen molar-refractivity contribution in [3.05, 3.63) is 59.3 Å². The van der Waals surface area contributed by atoms with Crippen LogP contribution in [0.25, 0.3) is 10.9 Å². The lowest BCUT2D eigenvalue weighted by Crippen LogP contribution is -2.39. The van der Waals surface area contributed by atoms with Gasteiger partial charge in [-0.05, 0) is 78.6 Å². The molecule has 1 aliphatic heterocycles. The number of fused-ring (bicyclic) bond motifs is 1. The van der Waals surface area contributed by atoms with Crippen LogP contribution in [-0.4, -0.2) is 42.5 Å². The van der Waals surface area contributed by atoms with E-state index in [1.807, 2.05) is 6.07 Å². The number of aromatic nitrogens is 1. The number of amides is 1. The van der Waals surface area contributed by atoms with Crippen LogP contribution in [0.5, 0.6) is 5.75 Å². The van der Waals surface area contributed by atoms with E-state index < -0.39 is 0 Å². The molecule has 0 radical (unpaired) electrons. The molecule has 0 unspecified atom stereocenters. The number of piperidine rings is 1. The molecule has 1 amide bonds. The van der Waals surface area contributed by atoms with Crippen molar-refractivity contribution in [2.75, 3.05) is 32.1 Å². The number of hydrogen-bond donors (Lipinski definition) is 2. The number of H-pyrrole nitrogens is 1. The minimum Gasteiger partial charge on any atom is -0.497 e. The molecule has 0 atom stereocenters. The summed E-state index contributed by atoms with van der Waals surface area (Å²) >= 11 is 0. The van der Waals surface area contributed by atoms with Gasteiger partial charge in [0.05, 0.1) is 13.7 Å². The SMILES string of the molecule is COc1ccc2[nH]cc(C3CCN(CC(=O)Nc4c(C(C)C)cccc4C(C)C)CC3)c2c1. The number of anilines is 1. The predicted molar refractivity (Wildman–Crippen MR) is 137 cm³/mol. The lowest BCUT2D eigenvalue weighted by Gasteiger charge is -2.31. The Hall–Kier alpha value is -2.79. The fraction of sp³-hybridized carbons (Fsp3) is 0.464. The summed E-state index contributed by atoms with van der Waals surface area (Å²) in [6, 6.07) is 12.6. The van der Waals surface area contributed by atoms with Crippen molar-refractivity contribution in [1.29, 1.82) is 0 Å². The van der Waals surface area contributed by atoms with Gasteiger partial charge in [-0.2, -0.15) is 0 Å². The largest absolute Gasteiger partial charge is 0.497 e. The number of methoxy groups -OCH3 is 1. The second kappa shape index (κ2) is 10.0. The number of ether oxygens (including phenoxy) is 1. The Morgan fingerprint density at radius 1 is 1.09 bits per heavy atom. The molecule has 1 saturated heterocycles. The van der Waals surface area contributed by atoms with E-state index in [0.29, 0.717) is 24.3 Å². The van der Waals surface area contributed by atoms with Crippen LogP contribution in [0.2, 0.25) is 0 Å². The number of benzene rings is 2. The Morgan fingerprint density at radius 3 is 2.36 bits per heavy atom. The van der Waals surface area contributed by atoms with Gasteiger partial charge in [0.1, 0.15) is 5.75 Å². The molecule has 33 heavy (non-hydrogen) atoms. The molecule has 0 saturated carbocycles. The van der Waals surface area contributed by atoms with E-state index in [1.165, 1.54) is 22.1 Å². The molecule has 4 rings (SSSR count). The van der Waals surface area contributed by atoms with Gasteiger partial charge in [-0.25, -0.2) is 0 Å². The lowest BCUT2D eigenvalue weighted by molar-refractivity contribution is -0.117. The Balaban J connectivity index is 1.40. The zero-order valence-electron chi connectivity index (χ0n) is 20.6. The van der Waals surface area contributed by atoms with Crippen LogP contribution in [0.3, 0.4) is 0 Å². The topological polar surface area (TPSA) is 57.4 Å². The van der Waals surface area contributed by atoms with Crippen molar-refractivity contribution in [3.8, 4) is 5.75 Å². The lowest BCUT2D eigenvalue weighted by atomic mass is 9.89. The quantitative estimate of drug-likeness (QED) is 0.451. The molecule has 2 N–H and O–H groups in total. The molecule has 176 valence electrons. The molecule has 1 fully saturated rings. The van der Waals surface area contributed by atoms with Gasteiger partial charge in [0.2, 0.25) is 5.91 Å². The van der Waals surface area contributed by atoms with Gasteiger partial charge in [-0.1, -0.05) is 45.9 Å². The van der Waals surface area contributed by atoms with Gasteiger partial charge in [0.25, 0.3) is 0 Å². The highest BCUT2D eigenvalue weighted by Gasteiger charge is 2.25. The van der Waals surface area contributed by atoms with E-state index in [4.69, 9.17) is 4.74 Å². The number of nitrogens with zero attached hydrogens (tertiary/aromatic N) is 1. The molecule has 2 aromatic carbocycles. The molecule has 3 aromatic rings. The van der Waals surface area contributed by atoms with E-state index in [-0.39, 0.29) is 5.91 Å². The molecule has 2 heterocycles. The maximum Gasteiger partial charge on any atom is 0.238 e. The number of likely N-dealkylation sites (tertiary alicyclic amines) is 1. The first kappa shape index (κ1) is 23.4. The summed E-state index contributed by atoms with van der Waals surface area (Å²) in [5, 5.41) is 4.51. The van der Waals surface area contributed by atoms with Crippen LogP contribution in [0.4, 0.5) is 5.69 Å². The van der Waals surface area contributed by atoms with Gasteiger partial charge < -0.3 is 15.0 Å². The van der Waals surface area contributed by atoms with Crippen LogP contribution in [0.15, 0.2) is 42.6 Å². The van der Waals surface area contributed by atoms with Crippen molar-refractivity contribution in [2.45, 2.75) is 58.3 Å². The van der Waals surface area contributed by atoms with Crippen molar-refractivity contribution < 1.29 is 9.53 Å². The van der Waals surface area contributed by atoms with E-state index in [0.717, 1.165) is 42.9 Å². The van der Waals surface area contributed by atoms with Gasteiger partial charge in [-0.15, -0.1) is 0 Å². The highest BCUT2D eigenvalue weighted by molar-refractivity contribution is 5.94. The number of carbonyl (C=O) groups is 1. The van der Waals surface area contributed by atoms with Gasteiger partial charge in [0, 0.05) is 22.8 Å². The third kappa shape index (κ3) is 5.09. The van der Waals surface area contributed by atoms with E-state index in [9.17, 15) is 4.79 Å². The fourth-order valence-electron chi connectivity index (χ4n) is 5.07. The highest BCUT2D eigenvalue weighted by Crippen LogP contribution is 2.35. The second-order valence-corrected chi connectivity index (χ2v) is 9.87. The average Bonchev–Trinajstić information content (AvgIpc) is 3.22. The van der Waals surface area contributed by atoms with Gasteiger partial charge in [0.15, 0.2) is 0 Å². The molecular weight excluding hydrogens is 410 g/mol. The normalized spacial score (nSPS) is 15.5. The van der Waals surface area contributed by atoms with Crippen molar-refractivity contribution in [1.82, 2.24) is 9.88 Å². The van der Waals surface area contributed by atoms with Crippen LogP contribution in [-0.2, 0) is 4.79 Å². The van der Waals surface area contributed by atoms with Gasteiger partial charge in [-0.3, -0.25) is 9.69 Å². The first-order valence-corrected chi connectivity index (χ1v) is 12.2. The summed E-state index contributed by atoms with van der Waals surface area (Å²) in [6.45, 7) is 11.0. The minimum absolute atomic E-state index is 0.0836. The first-order chi connectivity index (χ1) is 15.9. The summed E-state index contributed by atoms with van der Waals surface area (Å²) in [5.74, 6) is 2.20. The molecule has 1 aromatic heterocycles. The summed E-state index contributed by atoms with van der Waals surface area (Å²) in [5.41, 5.74) is 5.94. The molecule has 5 nitrogen and oxygen atoms in total. The van der Waals surface area contributed by atoms with Crippen LogP contribution in [0, 0.1) is 0 Å². The smallest absolute Gasteiger partial charge is 0.238 e. The molecule has 1 aliphatic rings. The number of aromatic amines is 1. The summed E-state index contributed by atoms with van der Waals surface area (Å²) in [4.78, 5) is 18.7. The van der Waals surface area contributed by atoms with Crippen LogP contribution >= 0.6 is 0 Å². The highest BCUT2D eigenvalue weighted by atomic mass is 16.5. The molecule has 0 bridgehead atoms. The average molecular weight is 448 g/mol. The van der Waals surface area contributed by atoms with E-state index in [2.05, 4.69) is 79.4 Å². The molecule has 0 aliphatic carbocycles. The summed E-state index contributed by atoms with van der Waals surface area (Å²) in [7, 11) is 1.71. The van der Waals surface area contributed by atoms with Crippen LogP contribution < -0.4 is 10.1 Å². The van der Waals surface area contributed by atoms with E-state index in [1.54, 1.807) is 7.11 Å². The number of para-hydroxylation sites is 1. The van der Waals surface area contributed by atoms with Crippen molar-refractivity contribution in [3.63, 3.8) is 0 Å². The fourth-order valence-corrected chi connectivity index (χ4v) is 5.07. The van der Waals surface area contributed by atoms with Crippen molar-refractivity contribution >= 4 is 22.5 Å². The second-order valence-electron chi connectivity index (χ2n) is 9.87. The Labute approximate surface area is 197 Å². The summed E-state index contributed by atoms with van der Waals surface area (Å²) in [6.07, 6.45) is 4.25. The van der Waals surface area contributed by atoms with Crippen LogP contribution in [0.1, 0.15) is 75.0 Å². The van der Waals surface area contributed by atoms with Crippen molar-refractivity contribution in [2.24, 2.45) is 0 Å². The third-order valence-electron chi connectivity index (χ3n) is 6.95. The standard InChI is InChI=1S/C28H37N3O2/c1-18(2)22-7-6-8-23(19(3)4)28(22)30-27(32)17-31-13-11-20(12-14-31)25-16-29-26-10-9-21(33-5)15-24(25)26/h6-10,15-16,18-20,29H,11-14,17H2,1-5H3,(H,30,32).